The van der Waals surface area contributed by atoms with Gasteiger partial charge in [-0.3, -0.25) is 9.59 Å². The first-order valence-corrected chi connectivity index (χ1v) is 7.00. The number of primary amides is 1. The van der Waals surface area contributed by atoms with E-state index in [4.69, 9.17) is 17.3 Å². The van der Waals surface area contributed by atoms with E-state index in [1.165, 1.54) is 0 Å². The fourth-order valence-electron chi connectivity index (χ4n) is 2.29. The quantitative estimate of drug-likeness (QED) is 0.883. The molecule has 108 valence electrons. The SMILES string of the molecule is NC(=O)[C@@H]1CCCN(C(=O)CNc2ccc(Cl)cc2)C1. The van der Waals surface area contributed by atoms with Crippen LogP contribution in [0, 0.1) is 5.92 Å². The van der Waals surface area contributed by atoms with E-state index in [1.54, 1.807) is 17.0 Å². The van der Waals surface area contributed by atoms with Crippen molar-refractivity contribution in [3.63, 3.8) is 0 Å². The highest BCUT2D eigenvalue weighted by Crippen LogP contribution is 2.17. The van der Waals surface area contributed by atoms with Crippen molar-refractivity contribution in [2.75, 3.05) is 25.0 Å². The lowest BCUT2D eigenvalue weighted by molar-refractivity contribution is -0.133. The Bertz CT molecular complexity index is 490. The van der Waals surface area contributed by atoms with Gasteiger partial charge in [0.2, 0.25) is 11.8 Å². The second-order valence-corrected chi connectivity index (χ2v) is 5.38. The van der Waals surface area contributed by atoms with Crippen molar-refractivity contribution in [3.8, 4) is 0 Å². The smallest absolute Gasteiger partial charge is 0.241 e. The number of benzene rings is 1. The lowest BCUT2D eigenvalue weighted by Crippen LogP contribution is -2.45. The molecule has 1 aromatic rings. The summed E-state index contributed by atoms with van der Waals surface area (Å²) in [5, 5.41) is 3.70. The number of hydrogen-bond donors (Lipinski definition) is 2. The van der Waals surface area contributed by atoms with Crippen molar-refractivity contribution in [1.29, 1.82) is 0 Å². The molecular weight excluding hydrogens is 278 g/mol. The predicted molar refractivity (Wildman–Crippen MR) is 78.4 cm³/mol. The third kappa shape index (κ3) is 3.87. The summed E-state index contributed by atoms with van der Waals surface area (Å²) in [6, 6.07) is 7.16. The molecule has 1 saturated heterocycles. The maximum absolute atomic E-state index is 12.1. The summed E-state index contributed by atoms with van der Waals surface area (Å²) in [7, 11) is 0. The van der Waals surface area contributed by atoms with Crippen LogP contribution in [0.3, 0.4) is 0 Å². The number of rotatable bonds is 4. The normalized spacial score (nSPS) is 18.6. The number of likely N-dealkylation sites (tertiary alicyclic amines) is 1. The molecule has 5 nitrogen and oxygen atoms in total. The number of nitrogens with one attached hydrogen (secondary N) is 1. The zero-order valence-electron chi connectivity index (χ0n) is 11.1. The minimum Gasteiger partial charge on any atom is -0.376 e. The second-order valence-electron chi connectivity index (χ2n) is 4.94. The van der Waals surface area contributed by atoms with Crippen LogP contribution < -0.4 is 11.1 Å². The van der Waals surface area contributed by atoms with E-state index in [9.17, 15) is 9.59 Å². The molecule has 0 aromatic heterocycles. The molecule has 1 aliphatic rings. The van der Waals surface area contributed by atoms with Gasteiger partial charge in [-0.15, -0.1) is 0 Å². The molecular formula is C14H18ClN3O2. The van der Waals surface area contributed by atoms with Crippen LogP contribution >= 0.6 is 11.6 Å². The first-order valence-electron chi connectivity index (χ1n) is 6.63. The zero-order chi connectivity index (χ0) is 14.5. The summed E-state index contributed by atoms with van der Waals surface area (Å²) >= 11 is 5.80. The van der Waals surface area contributed by atoms with Crippen molar-refractivity contribution in [2.24, 2.45) is 11.7 Å². The maximum Gasteiger partial charge on any atom is 0.241 e. The van der Waals surface area contributed by atoms with Gasteiger partial charge in [0.05, 0.1) is 12.5 Å². The number of nitrogens with zero attached hydrogens (tertiary/aromatic N) is 1. The average molecular weight is 296 g/mol. The van der Waals surface area contributed by atoms with Crippen LogP contribution in [0.4, 0.5) is 5.69 Å². The van der Waals surface area contributed by atoms with Crippen LogP contribution in [-0.2, 0) is 9.59 Å². The fourth-order valence-corrected chi connectivity index (χ4v) is 2.42. The van der Waals surface area contributed by atoms with Crippen molar-refractivity contribution in [1.82, 2.24) is 4.90 Å². The molecule has 0 bridgehead atoms. The van der Waals surface area contributed by atoms with Gasteiger partial charge in [0, 0.05) is 23.8 Å². The average Bonchev–Trinajstić information content (AvgIpc) is 2.46. The van der Waals surface area contributed by atoms with Crippen LogP contribution in [0.5, 0.6) is 0 Å². The number of amides is 2. The number of carbonyl (C=O) groups excluding carboxylic acids is 2. The largest absolute Gasteiger partial charge is 0.376 e. The van der Waals surface area contributed by atoms with E-state index in [2.05, 4.69) is 5.32 Å². The van der Waals surface area contributed by atoms with E-state index in [1.807, 2.05) is 12.1 Å². The standard InChI is InChI=1S/C14H18ClN3O2/c15-11-3-5-12(6-4-11)17-8-13(19)18-7-1-2-10(9-18)14(16)20/h3-6,10,17H,1-2,7-9H2,(H2,16,20)/t10-/m1/s1. The Kier molecular flexibility index (Phi) is 4.84. The molecule has 1 aromatic carbocycles. The van der Waals surface area contributed by atoms with E-state index in [0.29, 0.717) is 18.1 Å². The third-order valence-electron chi connectivity index (χ3n) is 3.46. The number of nitrogens with two attached hydrogens (primary N) is 1. The monoisotopic (exact) mass is 295 g/mol. The number of hydrogen-bond acceptors (Lipinski definition) is 3. The van der Waals surface area contributed by atoms with Crippen LogP contribution in [0.2, 0.25) is 5.02 Å². The molecule has 0 saturated carbocycles. The molecule has 6 heteroatoms. The Labute approximate surface area is 123 Å². The molecule has 1 aliphatic heterocycles. The molecule has 1 atom stereocenters. The molecule has 0 spiro atoms. The molecule has 0 radical (unpaired) electrons. The summed E-state index contributed by atoms with van der Waals surface area (Å²) in [5.41, 5.74) is 6.14. The maximum atomic E-state index is 12.1. The van der Waals surface area contributed by atoms with Crippen LogP contribution in [0.1, 0.15) is 12.8 Å². The van der Waals surface area contributed by atoms with Gasteiger partial charge in [0.15, 0.2) is 0 Å². The highest BCUT2D eigenvalue weighted by atomic mass is 35.5. The summed E-state index contributed by atoms with van der Waals surface area (Å²) < 4.78 is 0. The third-order valence-corrected chi connectivity index (χ3v) is 3.72. The van der Waals surface area contributed by atoms with Crippen LogP contribution in [0.25, 0.3) is 0 Å². The topological polar surface area (TPSA) is 75.4 Å². The van der Waals surface area contributed by atoms with E-state index < -0.39 is 0 Å². The van der Waals surface area contributed by atoms with Gasteiger partial charge in [-0.25, -0.2) is 0 Å². The van der Waals surface area contributed by atoms with Crippen LogP contribution in [-0.4, -0.2) is 36.3 Å². The summed E-state index contributed by atoms with van der Waals surface area (Å²) in [6.45, 7) is 1.31. The molecule has 3 N–H and O–H groups in total. The molecule has 0 aliphatic carbocycles. The Morgan fingerprint density at radius 1 is 1.35 bits per heavy atom. The van der Waals surface area contributed by atoms with E-state index in [0.717, 1.165) is 18.5 Å². The molecule has 1 heterocycles. The first kappa shape index (κ1) is 14.7. The number of halogens is 1. The second kappa shape index (κ2) is 6.61. The predicted octanol–water partition coefficient (Wildman–Crippen LogP) is 1.48. The number of piperidine rings is 1. The van der Waals surface area contributed by atoms with Gasteiger partial charge < -0.3 is 16.0 Å². The van der Waals surface area contributed by atoms with Gasteiger partial charge in [0.25, 0.3) is 0 Å². The van der Waals surface area contributed by atoms with Crippen LogP contribution in [0.15, 0.2) is 24.3 Å². The van der Waals surface area contributed by atoms with E-state index in [-0.39, 0.29) is 24.3 Å². The van der Waals surface area contributed by atoms with Gasteiger partial charge in [0.1, 0.15) is 0 Å². The van der Waals surface area contributed by atoms with Crippen molar-refractivity contribution < 1.29 is 9.59 Å². The Morgan fingerprint density at radius 2 is 2.05 bits per heavy atom. The van der Waals surface area contributed by atoms with Crippen molar-refractivity contribution in [2.45, 2.75) is 12.8 Å². The summed E-state index contributed by atoms with van der Waals surface area (Å²) in [6.07, 6.45) is 1.59. The van der Waals surface area contributed by atoms with E-state index >= 15 is 0 Å². The van der Waals surface area contributed by atoms with Gasteiger partial charge >= 0.3 is 0 Å². The summed E-state index contributed by atoms with van der Waals surface area (Å²) in [5.74, 6) is -0.567. The molecule has 1 fully saturated rings. The molecule has 2 amide bonds. The Balaban J connectivity index is 1.85. The Morgan fingerprint density at radius 3 is 2.70 bits per heavy atom. The van der Waals surface area contributed by atoms with Gasteiger partial charge in [-0.05, 0) is 37.1 Å². The minimum atomic E-state index is -0.326. The van der Waals surface area contributed by atoms with Gasteiger partial charge in [-0.1, -0.05) is 11.6 Å². The van der Waals surface area contributed by atoms with Crippen molar-refractivity contribution in [3.05, 3.63) is 29.3 Å². The minimum absolute atomic E-state index is 0.0223. The molecule has 2 rings (SSSR count). The highest BCUT2D eigenvalue weighted by molar-refractivity contribution is 6.30. The highest BCUT2D eigenvalue weighted by Gasteiger charge is 2.26. The van der Waals surface area contributed by atoms with Gasteiger partial charge in [-0.2, -0.15) is 0 Å². The molecule has 20 heavy (non-hydrogen) atoms. The zero-order valence-corrected chi connectivity index (χ0v) is 11.9. The van der Waals surface area contributed by atoms with Crippen molar-refractivity contribution >= 4 is 29.1 Å². The summed E-state index contributed by atoms with van der Waals surface area (Å²) in [4.78, 5) is 25.0. The molecule has 0 unspecified atom stereocenters. The number of anilines is 1. The number of carbonyl (C=O) groups is 2. The first-order chi connectivity index (χ1) is 9.56. The Hall–Kier alpha value is -1.75. The lowest BCUT2D eigenvalue weighted by Gasteiger charge is -2.31. The fraction of sp³-hybridized carbons (Fsp3) is 0.429. The lowest BCUT2D eigenvalue weighted by atomic mass is 9.97.